The van der Waals surface area contributed by atoms with Crippen LogP contribution in [0.3, 0.4) is 0 Å². The van der Waals surface area contributed by atoms with Gasteiger partial charge in [0.05, 0.1) is 0 Å². The number of hydrogen-bond donors (Lipinski definition) is 0. The number of rotatable bonds is 14. The van der Waals surface area contributed by atoms with Crippen LogP contribution in [0.25, 0.3) is 0 Å². The van der Waals surface area contributed by atoms with E-state index in [9.17, 15) is 0 Å². The summed E-state index contributed by atoms with van der Waals surface area (Å²) in [5, 5.41) is 0. The zero-order chi connectivity index (χ0) is 13.3. The molecule has 0 saturated heterocycles. The van der Waals surface area contributed by atoms with Gasteiger partial charge in [0, 0.05) is 0 Å². The highest BCUT2D eigenvalue weighted by Crippen LogP contribution is 2.11. The highest BCUT2D eigenvalue weighted by molar-refractivity contribution is 4.84. The first-order valence-electron chi connectivity index (χ1n) is 8.17. The predicted molar refractivity (Wildman–Crippen MR) is 85.0 cm³/mol. The summed E-state index contributed by atoms with van der Waals surface area (Å²) in [6, 6.07) is 0. The van der Waals surface area contributed by atoms with Crippen LogP contribution in [0.1, 0.15) is 90.4 Å². The first-order chi connectivity index (χ1) is 8.91. The van der Waals surface area contributed by atoms with E-state index >= 15 is 0 Å². The second kappa shape index (κ2) is 16.5. The van der Waals surface area contributed by atoms with Crippen molar-refractivity contribution >= 4 is 0 Å². The van der Waals surface area contributed by atoms with Crippen LogP contribution in [-0.2, 0) is 0 Å². The molecular formula is C18H34. The number of unbranched alkanes of at least 4 members (excludes halogenated alkanes) is 11. The fourth-order valence-electron chi connectivity index (χ4n) is 2.20. The van der Waals surface area contributed by atoms with Gasteiger partial charge >= 0.3 is 0 Å². The van der Waals surface area contributed by atoms with Crippen molar-refractivity contribution < 1.29 is 0 Å². The Hall–Kier alpha value is -0.520. The molecule has 0 spiro atoms. The van der Waals surface area contributed by atoms with Gasteiger partial charge in [0.15, 0.2) is 0 Å². The minimum atomic E-state index is 1.12. The molecule has 0 aromatic rings. The van der Waals surface area contributed by atoms with Crippen molar-refractivity contribution in [3.8, 4) is 0 Å². The van der Waals surface area contributed by atoms with Gasteiger partial charge in [-0.05, 0) is 25.7 Å². The Bertz CT molecular complexity index is 178. The molecule has 0 aliphatic carbocycles. The summed E-state index contributed by atoms with van der Waals surface area (Å²) in [5.74, 6) is 0. The topological polar surface area (TPSA) is 0 Å². The Morgan fingerprint density at radius 3 is 1.67 bits per heavy atom. The standard InChI is InChI=1S/C18H34/c1-3-5-7-9-11-13-15-17-18-16-14-12-10-8-6-4-2/h3,9,11H,1,4-8,10,12-18H2,2H3/b11-9+. The lowest BCUT2D eigenvalue weighted by Gasteiger charge is -2.01. The summed E-state index contributed by atoms with van der Waals surface area (Å²) < 4.78 is 0. The highest BCUT2D eigenvalue weighted by atomic mass is 14.0. The van der Waals surface area contributed by atoms with Crippen LogP contribution in [0.4, 0.5) is 0 Å². The zero-order valence-electron chi connectivity index (χ0n) is 12.6. The van der Waals surface area contributed by atoms with E-state index in [-0.39, 0.29) is 0 Å². The molecule has 0 aliphatic heterocycles. The minimum Gasteiger partial charge on any atom is -0.103 e. The van der Waals surface area contributed by atoms with Gasteiger partial charge in [-0.15, -0.1) is 6.58 Å². The van der Waals surface area contributed by atoms with Crippen molar-refractivity contribution in [2.45, 2.75) is 90.4 Å². The molecule has 0 radical (unpaired) electrons. The van der Waals surface area contributed by atoms with E-state index < -0.39 is 0 Å². The summed E-state index contributed by atoms with van der Waals surface area (Å²) in [5.41, 5.74) is 0. The second-order valence-corrected chi connectivity index (χ2v) is 5.31. The third-order valence-corrected chi connectivity index (χ3v) is 3.43. The lowest BCUT2D eigenvalue weighted by molar-refractivity contribution is 0.557. The minimum absolute atomic E-state index is 1.12. The van der Waals surface area contributed by atoms with Crippen LogP contribution >= 0.6 is 0 Å². The number of hydrogen-bond acceptors (Lipinski definition) is 0. The molecule has 0 amide bonds. The van der Waals surface area contributed by atoms with Gasteiger partial charge in [0.1, 0.15) is 0 Å². The molecule has 18 heavy (non-hydrogen) atoms. The Morgan fingerprint density at radius 2 is 1.11 bits per heavy atom. The predicted octanol–water partition coefficient (Wildman–Crippen LogP) is 6.82. The Kier molecular flexibility index (Phi) is 16.0. The molecule has 0 aliphatic rings. The molecule has 0 N–H and O–H groups in total. The van der Waals surface area contributed by atoms with Gasteiger partial charge in [-0.1, -0.05) is 82.9 Å². The fraction of sp³-hybridized carbons (Fsp3) is 0.778. The Morgan fingerprint density at radius 1 is 0.611 bits per heavy atom. The van der Waals surface area contributed by atoms with E-state index in [2.05, 4.69) is 25.7 Å². The van der Waals surface area contributed by atoms with E-state index in [0.29, 0.717) is 0 Å². The van der Waals surface area contributed by atoms with Gasteiger partial charge in [-0.3, -0.25) is 0 Å². The quantitative estimate of drug-likeness (QED) is 0.234. The summed E-state index contributed by atoms with van der Waals surface area (Å²) in [6.07, 6.45) is 24.5. The number of allylic oxidation sites excluding steroid dienone is 3. The maximum atomic E-state index is 3.73. The third-order valence-electron chi connectivity index (χ3n) is 3.43. The van der Waals surface area contributed by atoms with Crippen LogP contribution in [0.15, 0.2) is 24.8 Å². The average molecular weight is 250 g/mol. The molecule has 0 rings (SSSR count). The van der Waals surface area contributed by atoms with Crippen LogP contribution in [0, 0.1) is 0 Å². The lowest BCUT2D eigenvalue weighted by Crippen LogP contribution is -1.81. The highest BCUT2D eigenvalue weighted by Gasteiger charge is 1.91. The van der Waals surface area contributed by atoms with Gasteiger partial charge in [-0.25, -0.2) is 0 Å². The van der Waals surface area contributed by atoms with Crippen molar-refractivity contribution in [3.63, 3.8) is 0 Å². The maximum Gasteiger partial charge on any atom is -0.0316 e. The average Bonchev–Trinajstić information content (AvgIpc) is 2.39. The SMILES string of the molecule is C=CCC/C=C/CCCCCCCCCCCC. The van der Waals surface area contributed by atoms with Crippen LogP contribution in [0.2, 0.25) is 0 Å². The summed E-state index contributed by atoms with van der Waals surface area (Å²) in [7, 11) is 0. The van der Waals surface area contributed by atoms with Crippen LogP contribution < -0.4 is 0 Å². The monoisotopic (exact) mass is 250 g/mol. The first-order valence-corrected chi connectivity index (χ1v) is 8.17. The van der Waals surface area contributed by atoms with Gasteiger partial charge in [0.25, 0.3) is 0 Å². The molecule has 0 atom stereocenters. The molecule has 0 aromatic carbocycles. The Labute approximate surface area is 116 Å². The maximum absolute atomic E-state index is 3.73. The molecule has 0 saturated carbocycles. The van der Waals surface area contributed by atoms with Crippen molar-refractivity contribution in [3.05, 3.63) is 24.8 Å². The van der Waals surface area contributed by atoms with E-state index in [1.807, 2.05) is 6.08 Å². The summed E-state index contributed by atoms with van der Waals surface area (Å²) in [6.45, 7) is 6.01. The molecule has 0 heteroatoms. The third kappa shape index (κ3) is 15.5. The van der Waals surface area contributed by atoms with Crippen molar-refractivity contribution in [2.24, 2.45) is 0 Å². The zero-order valence-corrected chi connectivity index (χ0v) is 12.6. The summed E-state index contributed by atoms with van der Waals surface area (Å²) >= 11 is 0. The lowest BCUT2D eigenvalue weighted by atomic mass is 10.1. The normalized spacial score (nSPS) is 11.2. The van der Waals surface area contributed by atoms with Gasteiger partial charge in [-0.2, -0.15) is 0 Å². The van der Waals surface area contributed by atoms with Crippen LogP contribution in [0.5, 0.6) is 0 Å². The molecule has 0 unspecified atom stereocenters. The molecular weight excluding hydrogens is 216 g/mol. The van der Waals surface area contributed by atoms with Crippen molar-refractivity contribution in [1.29, 1.82) is 0 Å². The second-order valence-electron chi connectivity index (χ2n) is 5.31. The van der Waals surface area contributed by atoms with Crippen molar-refractivity contribution in [2.75, 3.05) is 0 Å². The molecule has 0 nitrogen and oxygen atoms in total. The van der Waals surface area contributed by atoms with E-state index in [0.717, 1.165) is 6.42 Å². The molecule has 0 aromatic heterocycles. The molecule has 0 fully saturated rings. The van der Waals surface area contributed by atoms with Gasteiger partial charge in [0.2, 0.25) is 0 Å². The van der Waals surface area contributed by atoms with E-state index in [1.165, 1.54) is 77.0 Å². The van der Waals surface area contributed by atoms with Crippen molar-refractivity contribution in [1.82, 2.24) is 0 Å². The largest absolute Gasteiger partial charge is 0.103 e. The molecule has 0 bridgehead atoms. The van der Waals surface area contributed by atoms with Crippen LogP contribution in [-0.4, -0.2) is 0 Å². The summed E-state index contributed by atoms with van der Waals surface area (Å²) in [4.78, 5) is 0. The molecule has 106 valence electrons. The van der Waals surface area contributed by atoms with Gasteiger partial charge < -0.3 is 0 Å². The first kappa shape index (κ1) is 17.5. The molecule has 0 heterocycles. The smallest absolute Gasteiger partial charge is 0.0316 e. The Balaban J connectivity index is 2.98. The fourth-order valence-corrected chi connectivity index (χ4v) is 2.20. The van der Waals surface area contributed by atoms with E-state index in [4.69, 9.17) is 0 Å². The van der Waals surface area contributed by atoms with E-state index in [1.54, 1.807) is 0 Å².